The van der Waals surface area contributed by atoms with E-state index in [-0.39, 0.29) is 0 Å². The van der Waals surface area contributed by atoms with Gasteiger partial charge in [0.2, 0.25) is 0 Å². The molecule has 1 N–H and O–H groups in total. The van der Waals surface area contributed by atoms with Gasteiger partial charge in [-0.3, -0.25) is 9.58 Å². The summed E-state index contributed by atoms with van der Waals surface area (Å²) in [5, 5.41) is 7.73. The smallest absolute Gasteiger partial charge is 0.0658 e. The highest BCUT2D eigenvalue weighted by molar-refractivity contribution is 5.04. The summed E-state index contributed by atoms with van der Waals surface area (Å²) in [5.41, 5.74) is 1.29. The van der Waals surface area contributed by atoms with Gasteiger partial charge in [-0.2, -0.15) is 5.10 Å². The molecule has 1 aliphatic heterocycles. The zero-order valence-corrected chi connectivity index (χ0v) is 11.4. The lowest BCUT2D eigenvalue weighted by Crippen LogP contribution is -2.43. The van der Waals surface area contributed by atoms with Gasteiger partial charge < -0.3 is 10.1 Å². The van der Waals surface area contributed by atoms with Crippen LogP contribution in [0.3, 0.4) is 0 Å². The molecule has 0 bridgehead atoms. The van der Waals surface area contributed by atoms with E-state index in [4.69, 9.17) is 4.74 Å². The number of rotatable bonds is 6. The number of nitrogens with one attached hydrogen (secondary N) is 1. The van der Waals surface area contributed by atoms with E-state index >= 15 is 0 Å². The van der Waals surface area contributed by atoms with Crippen LogP contribution in [0.5, 0.6) is 0 Å². The van der Waals surface area contributed by atoms with E-state index in [2.05, 4.69) is 28.6 Å². The lowest BCUT2D eigenvalue weighted by atomic mass is 10.1. The minimum atomic E-state index is 0.641. The molecule has 1 atom stereocenters. The van der Waals surface area contributed by atoms with Gasteiger partial charge in [-0.25, -0.2) is 0 Å². The lowest BCUT2D eigenvalue weighted by Gasteiger charge is -2.32. The van der Waals surface area contributed by atoms with Crippen molar-refractivity contribution < 1.29 is 4.74 Å². The predicted octanol–water partition coefficient (Wildman–Crippen LogP) is 0.713. The molecule has 0 saturated carbocycles. The van der Waals surface area contributed by atoms with Crippen LogP contribution in [-0.4, -0.2) is 54.6 Å². The molecular formula is C13H24N4O. The van der Waals surface area contributed by atoms with Crippen molar-refractivity contribution in [3.8, 4) is 0 Å². The fourth-order valence-corrected chi connectivity index (χ4v) is 2.49. The summed E-state index contributed by atoms with van der Waals surface area (Å²) < 4.78 is 7.01. The van der Waals surface area contributed by atoms with Gasteiger partial charge in [-0.15, -0.1) is 0 Å². The quantitative estimate of drug-likeness (QED) is 0.810. The molecule has 1 unspecified atom stereocenters. The van der Waals surface area contributed by atoms with Gasteiger partial charge in [-0.1, -0.05) is 0 Å². The highest BCUT2D eigenvalue weighted by Crippen LogP contribution is 2.13. The first-order valence-electron chi connectivity index (χ1n) is 6.71. The number of piperidine rings is 1. The molecule has 0 radical (unpaired) electrons. The van der Waals surface area contributed by atoms with Crippen molar-refractivity contribution in [2.45, 2.75) is 32.0 Å². The molecule has 0 aliphatic carbocycles. The molecule has 1 aromatic heterocycles. The second-order valence-electron chi connectivity index (χ2n) is 4.97. The zero-order valence-electron chi connectivity index (χ0n) is 11.4. The zero-order chi connectivity index (χ0) is 12.8. The Morgan fingerprint density at radius 1 is 1.56 bits per heavy atom. The van der Waals surface area contributed by atoms with E-state index in [0.717, 1.165) is 19.6 Å². The largest absolute Gasteiger partial charge is 0.383 e. The van der Waals surface area contributed by atoms with E-state index in [0.29, 0.717) is 12.6 Å². The number of hydrogen-bond acceptors (Lipinski definition) is 4. The highest BCUT2D eigenvalue weighted by Gasteiger charge is 2.18. The molecule has 1 aromatic rings. The van der Waals surface area contributed by atoms with Gasteiger partial charge in [0.05, 0.1) is 19.3 Å². The number of nitrogens with zero attached hydrogens (tertiary/aromatic N) is 3. The van der Waals surface area contributed by atoms with Crippen molar-refractivity contribution in [2.75, 3.05) is 33.9 Å². The summed E-state index contributed by atoms with van der Waals surface area (Å²) in [6.07, 6.45) is 6.67. The highest BCUT2D eigenvalue weighted by atomic mass is 16.5. The van der Waals surface area contributed by atoms with Crippen molar-refractivity contribution in [3.05, 3.63) is 18.0 Å². The molecule has 102 valence electrons. The van der Waals surface area contributed by atoms with Crippen LogP contribution in [0.25, 0.3) is 0 Å². The van der Waals surface area contributed by atoms with Crippen molar-refractivity contribution >= 4 is 0 Å². The van der Waals surface area contributed by atoms with E-state index in [1.54, 1.807) is 7.11 Å². The number of ether oxygens (including phenoxy) is 1. The molecule has 0 aromatic carbocycles. The predicted molar refractivity (Wildman–Crippen MR) is 71.5 cm³/mol. The molecule has 1 aliphatic rings. The first kappa shape index (κ1) is 13.5. The van der Waals surface area contributed by atoms with Crippen molar-refractivity contribution in [2.24, 2.45) is 0 Å². The van der Waals surface area contributed by atoms with Crippen LogP contribution in [-0.2, 0) is 17.8 Å². The molecular weight excluding hydrogens is 228 g/mol. The molecule has 5 heteroatoms. The van der Waals surface area contributed by atoms with Gasteiger partial charge >= 0.3 is 0 Å². The summed E-state index contributed by atoms with van der Waals surface area (Å²) >= 11 is 0. The van der Waals surface area contributed by atoms with Crippen LogP contribution >= 0.6 is 0 Å². The fourth-order valence-electron chi connectivity index (χ4n) is 2.49. The number of likely N-dealkylation sites (tertiary alicyclic amines) is 1. The minimum Gasteiger partial charge on any atom is -0.383 e. The average Bonchev–Trinajstić information content (AvgIpc) is 2.84. The normalized spacial score (nSPS) is 21.3. The molecule has 0 spiro atoms. The maximum atomic E-state index is 5.05. The van der Waals surface area contributed by atoms with Crippen LogP contribution in [0.4, 0.5) is 0 Å². The Morgan fingerprint density at radius 2 is 2.44 bits per heavy atom. The minimum absolute atomic E-state index is 0.641. The summed E-state index contributed by atoms with van der Waals surface area (Å²) in [7, 11) is 3.77. The first-order chi connectivity index (χ1) is 8.81. The SMILES string of the molecule is CNC1CCCN(Cc2cnn(CCOC)c2)C1. The summed E-state index contributed by atoms with van der Waals surface area (Å²) in [6.45, 7) is 4.88. The van der Waals surface area contributed by atoms with Crippen LogP contribution in [0.1, 0.15) is 18.4 Å². The van der Waals surface area contributed by atoms with Gasteiger partial charge in [0.15, 0.2) is 0 Å². The third-order valence-electron chi connectivity index (χ3n) is 3.53. The molecule has 5 nitrogen and oxygen atoms in total. The summed E-state index contributed by atoms with van der Waals surface area (Å²) in [6, 6.07) is 0.641. The monoisotopic (exact) mass is 252 g/mol. The Kier molecular flexibility index (Phi) is 5.16. The van der Waals surface area contributed by atoms with Crippen LogP contribution in [0.15, 0.2) is 12.4 Å². The average molecular weight is 252 g/mol. The van der Waals surface area contributed by atoms with Crippen molar-refractivity contribution in [1.82, 2.24) is 20.0 Å². The second-order valence-corrected chi connectivity index (χ2v) is 4.97. The van der Waals surface area contributed by atoms with E-state index in [1.807, 2.05) is 10.9 Å². The topological polar surface area (TPSA) is 42.3 Å². The number of methoxy groups -OCH3 is 1. The summed E-state index contributed by atoms with van der Waals surface area (Å²) in [4.78, 5) is 2.50. The molecule has 2 rings (SSSR count). The maximum Gasteiger partial charge on any atom is 0.0658 e. The van der Waals surface area contributed by atoms with Crippen LogP contribution in [0.2, 0.25) is 0 Å². The Labute approximate surface area is 109 Å². The molecule has 1 fully saturated rings. The molecule has 2 heterocycles. The molecule has 1 saturated heterocycles. The summed E-state index contributed by atoms with van der Waals surface area (Å²) in [5.74, 6) is 0. The van der Waals surface area contributed by atoms with Gasteiger partial charge in [-0.05, 0) is 26.4 Å². The lowest BCUT2D eigenvalue weighted by molar-refractivity contribution is 0.182. The third kappa shape index (κ3) is 3.80. The van der Waals surface area contributed by atoms with Gasteiger partial charge in [0.1, 0.15) is 0 Å². The second kappa shape index (κ2) is 6.87. The van der Waals surface area contributed by atoms with E-state index < -0.39 is 0 Å². The Morgan fingerprint density at radius 3 is 3.22 bits per heavy atom. The Balaban J connectivity index is 1.83. The Hall–Kier alpha value is -0.910. The maximum absolute atomic E-state index is 5.05. The number of hydrogen-bond donors (Lipinski definition) is 1. The van der Waals surface area contributed by atoms with Crippen molar-refractivity contribution in [3.63, 3.8) is 0 Å². The number of likely N-dealkylation sites (N-methyl/N-ethyl adjacent to an activating group) is 1. The van der Waals surface area contributed by atoms with Crippen LogP contribution < -0.4 is 5.32 Å². The number of aromatic nitrogens is 2. The fraction of sp³-hybridized carbons (Fsp3) is 0.769. The molecule has 18 heavy (non-hydrogen) atoms. The van der Waals surface area contributed by atoms with Gasteiger partial charge in [0, 0.05) is 38.0 Å². The van der Waals surface area contributed by atoms with E-state index in [9.17, 15) is 0 Å². The Bertz CT molecular complexity index is 353. The van der Waals surface area contributed by atoms with Crippen LogP contribution in [0, 0.1) is 0 Å². The van der Waals surface area contributed by atoms with Crippen molar-refractivity contribution in [1.29, 1.82) is 0 Å². The first-order valence-corrected chi connectivity index (χ1v) is 6.71. The third-order valence-corrected chi connectivity index (χ3v) is 3.53. The standard InChI is InChI=1S/C13H24N4O/c1-14-13-4-3-5-16(11-13)9-12-8-15-17(10-12)6-7-18-2/h8,10,13-14H,3-7,9,11H2,1-2H3. The molecule has 0 amide bonds. The van der Waals surface area contributed by atoms with E-state index in [1.165, 1.54) is 24.9 Å². The van der Waals surface area contributed by atoms with Gasteiger partial charge in [0.25, 0.3) is 0 Å².